The second-order valence-corrected chi connectivity index (χ2v) is 4.42. The summed E-state index contributed by atoms with van der Waals surface area (Å²) in [7, 11) is 1.75. The first-order valence-corrected chi connectivity index (χ1v) is 6.28. The van der Waals surface area contributed by atoms with Crippen molar-refractivity contribution in [1.29, 1.82) is 0 Å². The minimum atomic E-state index is -0.457. The molecule has 1 N–H and O–H groups in total. The van der Waals surface area contributed by atoms with Crippen molar-refractivity contribution in [2.45, 2.75) is 20.3 Å². The van der Waals surface area contributed by atoms with E-state index < -0.39 is 4.92 Å². The largest absolute Gasteiger partial charge is 0.354 e. The van der Waals surface area contributed by atoms with Crippen LogP contribution in [0, 0.1) is 17.0 Å². The van der Waals surface area contributed by atoms with Crippen LogP contribution in [0.15, 0.2) is 12.4 Å². The molecule has 0 unspecified atom stereocenters. The highest BCUT2D eigenvalue weighted by Crippen LogP contribution is 2.30. The molecule has 0 aromatic carbocycles. The van der Waals surface area contributed by atoms with Crippen molar-refractivity contribution in [1.82, 2.24) is 19.7 Å². The van der Waals surface area contributed by atoms with E-state index in [9.17, 15) is 10.1 Å². The molecule has 8 nitrogen and oxygen atoms in total. The molecule has 0 saturated heterocycles. The molecule has 2 heterocycles. The first kappa shape index (κ1) is 13.9. The lowest BCUT2D eigenvalue weighted by molar-refractivity contribution is -0.385. The van der Waals surface area contributed by atoms with Crippen molar-refractivity contribution < 1.29 is 4.92 Å². The van der Waals surface area contributed by atoms with Crippen molar-refractivity contribution in [3.05, 3.63) is 28.2 Å². The molecule has 0 aliphatic rings. The molecule has 0 aliphatic carbocycles. The first-order valence-electron chi connectivity index (χ1n) is 6.28. The molecule has 0 atom stereocenters. The van der Waals surface area contributed by atoms with E-state index in [-0.39, 0.29) is 11.4 Å². The van der Waals surface area contributed by atoms with Crippen LogP contribution in [0.3, 0.4) is 0 Å². The zero-order valence-electron chi connectivity index (χ0n) is 11.6. The molecule has 2 aromatic heterocycles. The third kappa shape index (κ3) is 2.73. The van der Waals surface area contributed by atoms with Gasteiger partial charge in [-0.2, -0.15) is 5.10 Å². The number of aryl methyl sites for hydroxylation is 2. The highest BCUT2D eigenvalue weighted by Gasteiger charge is 2.24. The van der Waals surface area contributed by atoms with Crippen LogP contribution in [0.25, 0.3) is 11.3 Å². The molecule has 0 radical (unpaired) electrons. The van der Waals surface area contributed by atoms with Crippen LogP contribution in [0.1, 0.15) is 19.0 Å². The van der Waals surface area contributed by atoms with Crippen LogP contribution < -0.4 is 5.32 Å². The lowest BCUT2D eigenvalue weighted by atomic mass is 10.2. The van der Waals surface area contributed by atoms with Crippen molar-refractivity contribution in [2.24, 2.45) is 7.05 Å². The van der Waals surface area contributed by atoms with Gasteiger partial charge in [0.2, 0.25) is 5.95 Å². The SMILES string of the molecule is CCCNc1nc(C)c([N+](=O)[O-])c(-c2cnn(C)c2)n1. The normalized spacial score (nSPS) is 10.6. The lowest BCUT2D eigenvalue weighted by Crippen LogP contribution is -2.08. The van der Waals surface area contributed by atoms with Gasteiger partial charge in [-0.05, 0) is 13.3 Å². The van der Waals surface area contributed by atoms with E-state index in [0.717, 1.165) is 6.42 Å². The molecule has 0 aliphatic heterocycles. The van der Waals surface area contributed by atoms with Gasteiger partial charge in [0.1, 0.15) is 5.69 Å². The zero-order valence-corrected chi connectivity index (χ0v) is 11.6. The van der Waals surface area contributed by atoms with Gasteiger partial charge in [-0.3, -0.25) is 14.8 Å². The Hall–Kier alpha value is -2.51. The fourth-order valence-corrected chi connectivity index (χ4v) is 1.85. The van der Waals surface area contributed by atoms with Gasteiger partial charge in [0.15, 0.2) is 5.69 Å². The predicted molar refractivity (Wildman–Crippen MR) is 74.4 cm³/mol. The number of aromatic nitrogens is 4. The summed E-state index contributed by atoms with van der Waals surface area (Å²) in [6.07, 6.45) is 4.17. The summed E-state index contributed by atoms with van der Waals surface area (Å²) in [5.74, 6) is 0.397. The molecule has 0 amide bonds. The summed E-state index contributed by atoms with van der Waals surface area (Å²) < 4.78 is 1.58. The maximum Gasteiger partial charge on any atom is 0.316 e. The molecule has 0 saturated carbocycles. The highest BCUT2D eigenvalue weighted by molar-refractivity contribution is 5.70. The van der Waals surface area contributed by atoms with Crippen LogP contribution in [0.5, 0.6) is 0 Å². The fraction of sp³-hybridized carbons (Fsp3) is 0.417. The molecule has 2 rings (SSSR count). The Balaban J connectivity index is 2.55. The average molecular weight is 276 g/mol. The van der Waals surface area contributed by atoms with Crippen LogP contribution in [-0.2, 0) is 7.05 Å². The van der Waals surface area contributed by atoms with Gasteiger partial charge in [0, 0.05) is 25.4 Å². The quantitative estimate of drug-likeness (QED) is 0.661. The van der Waals surface area contributed by atoms with E-state index in [1.165, 1.54) is 0 Å². The summed E-state index contributed by atoms with van der Waals surface area (Å²) in [5.41, 5.74) is 1.14. The minimum absolute atomic E-state index is 0.0833. The second kappa shape index (κ2) is 5.64. The van der Waals surface area contributed by atoms with E-state index in [2.05, 4.69) is 20.4 Å². The average Bonchev–Trinajstić information content (AvgIpc) is 2.81. The highest BCUT2D eigenvalue weighted by atomic mass is 16.6. The molecular formula is C12H16N6O2. The molecule has 20 heavy (non-hydrogen) atoms. The van der Waals surface area contributed by atoms with Gasteiger partial charge in [0.05, 0.1) is 11.1 Å². The van der Waals surface area contributed by atoms with Crippen LogP contribution in [0.4, 0.5) is 11.6 Å². The Bertz CT molecular complexity index is 637. The van der Waals surface area contributed by atoms with E-state index >= 15 is 0 Å². The lowest BCUT2D eigenvalue weighted by Gasteiger charge is -2.07. The Kier molecular flexibility index (Phi) is 3.92. The maximum atomic E-state index is 11.2. The van der Waals surface area contributed by atoms with Crippen molar-refractivity contribution in [2.75, 3.05) is 11.9 Å². The van der Waals surface area contributed by atoms with Crippen molar-refractivity contribution >= 4 is 11.6 Å². The van der Waals surface area contributed by atoms with E-state index in [4.69, 9.17) is 0 Å². The Morgan fingerprint density at radius 3 is 2.75 bits per heavy atom. The number of hydrogen-bond donors (Lipinski definition) is 1. The van der Waals surface area contributed by atoms with Gasteiger partial charge >= 0.3 is 5.69 Å². The van der Waals surface area contributed by atoms with Gasteiger partial charge in [-0.15, -0.1) is 0 Å². The van der Waals surface area contributed by atoms with Crippen LogP contribution >= 0.6 is 0 Å². The predicted octanol–water partition coefficient (Wildman–Crippen LogP) is 1.92. The van der Waals surface area contributed by atoms with Crippen LogP contribution in [0.2, 0.25) is 0 Å². The number of hydrogen-bond acceptors (Lipinski definition) is 6. The second-order valence-electron chi connectivity index (χ2n) is 4.42. The zero-order chi connectivity index (χ0) is 14.7. The van der Waals surface area contributed by atoms with E-state index in [1.807, 2.05) is 6.92 Å². The van der Waals surface area contributed by atoms with Gasteiger partial charge in [0.25, 0.3) is 0 Å². The van der Waals surface area contributed by atoms with Crippen LogP contribution in [-0.4, -0.2) is 31.2 Å². The number of rotatable bonds is 5. The van der Waals surface area contributed by atoms with Gasteiger partial charge < -0.3 is 5.32 Å². The third-order valence-electron chi connectivity index (χ3n) is 2.75. The summed E-state index contributed by atoms with van der Waals surface area (Å²) in [6, 6.07) is 0. The molecular weight excluding hydrogens is 260 g/mol. The summed E-state index contributed by atoms with van der Waals surface area (Å²) in [6.45, 7) is 4.34. The molecule has 8 heteroatoms. The monoisotopic (exact) mass is 276 g/mol. The minimum Gasteiger partial charge on any atom is -0.354 e. The fourth-order valence-electron chi connectivity index (χ4n) is 1.85. The van der Waals surface area contributed by atoms with Gasteiger partial charge in [-0.25, -0.2) is 9.97 Å². The molecule has 2 aromatic rings. The van der Waals surface area contributed by atoms with Crippen molar-refractivity contribution in [3.63, 3.8) is 0 Å². The van der Waals surface area contributed by atoms with Crippen molar-refractivity contribution in [3.8, 4) is 11.3 Å². The Morgan fingerprint density at radius 1 is 1.45 bits per heavy atom. The number of nitro groups is 1. The maximum absolute atomic E-state index is 11.2. The number of nitrogens with one attached hydrogen (secondary N) is 1. The van der Waals surface area contributed by atoms with Gasteiger partial charge in [-0.1, -0.05) is 6.92 Å². The molecule has 0 bridgehead atoms. The molecule has 106 valence electrons. The van der Waals surface area contributed by atoms with E-state index in [1.54, 1.807) is 31.0 Å². The topological polar surface area (TPSA) is 98.8 Å². The summed E-state index contributed by atoms with van der Waals surface area (Å²) in [4.78, 5) is 19.2. The summed E-state index contributed by atoms with van der Waals surface area (Å²) in [5, 5.41) is 18.3. The molecule has 0 fully saturated rings. The Labute approximate surface area is 116 Å². The summed E-state index contributed by atoms with van der Waals surface area (Å²) >= 11 is 0. The number of nitrogens with zero attached hydrogens (tertiary/aromatic N) is 5. The number of anilines is 1. The smallest absolute Gasteiger partial charge is 0.316 e. The van der Waals surface area contributed by atoms with E-state index in [0.29, 0.717) is 23.8 Å². The third-order valence-corrected chi connectivity index (χ3v) is 2.75. The first-order chi connectivity index (χ1) is 9.52. The standard InChI is InChI=1S/C12H16N6O2/c1-4-5-13-12-15-8(2)11(18(19)20)10(16-12)9-6-14-17(3)7-9/h6-7H,4-5H2,1-3H3,(H,13,15,16). The Morgan fingerprint density at radius 2 is 2.20 bits per heavy atom. The molecule has 0 spiro atoms.